The third kappa shape index (κ3) is 8.52. The number of nitrogens with one attached hydrogen (secondary N) is 1. The summed E-state index contributed by atoms with van der Waals surface area (Å²) in [7, 11) is 0. The van der Waals surface area contributed by atoms with Crippen LogP contribution in [0.5, 0.6) is 0 Å². The van der Waals surface area contributed by atoms with Crippen molar-refractivity contribution in [2.24, 2.45) is 17.6 Å². The molecular weight excluding hydrogens is 646 g/mol. The SMILES string of the molecule is CC[C@H](C)[C@H](C(=O)Cc1cncn1Cc1ccc(C#N)cc1)C(N)N(Cc1ccccc1C(F)(F)F)C(=S)Nc1ccc2ccccc2c1. The van der Waals surface area contributed by atoms with Crippen molar-refractivity contribution in [2.45, 2.75) is 52.1 Å². The minimum Gasteiger partial charge on any atom is -0.333 e. The number of ketones is 1. The summed E-state index contributed by atoms with van der Waals surface area (Å²) >= 11 is 5.86. The average Bonchev–Trinajstić information content (AvgIpc) is 3.52. The zero-order valence-electron chi connectivity index (χ0n) is 27.2. The van der Waals surface area contributed by atoms with Gasteiger partial charge in [-0.25, -0.2) is 4.98 Å². The number of alkyl halides is 3. The molecule has 0 radical (unpaired) electrons. The number of rotatable bonds is 12. The summed E-state index contributed by atoms with van der Waals surface area (Å²) in [6.45, 7) is 4.03. The van der Waals surface area contributed by atoms with Gasteiger partial charge in [0.25, 0.3) is 0 Å². The minimum absolute atomic E-state index is 0.0102. The van der Waals surface area contributed by atoms with Gasteiger partial charge in [0.1, 0.15) is 5.78 Å². The fraction of sp³-hybridized carbons (Fsp3) is 0.263. The Morgan fingerprint density at radius 3 is 2.43 bits per heavy atom. The molecule has 0 aliphatic heterocycles. The van der Waals surface area contributed by atoms with Gasteiger partial charge < -0.3 is 20.5 Å². The summed E-state index contributed by atoms with van der Waals surface area (Å²) in [5, 5.41) is 14.4. The molecule has 0 aliphatic carbocycles. The van der Waals surface area contributed by atoms with Crippen LogP contribution in [0.15, 0.2) is 104 Å². The molecule has 0 amide bonds. The quantitative estimate of drug-likeness (QED) is 0.102. The Bertz CT molecular complexity index is 1970. The lowest BCUT2D eigenvalue weighted by Gasteiger charge is -2.38. The summed E-state index contributed by atoms with van der Waals surface area (Å²) in [6, 6.07) is 28.0. The van der Waals surface area contributed by atoms with E-state index in [9.17, 15) is 18.0 Å². The smallest absolute Gasteiger partial charge is 0.333 e. The van der Waals surface area contributed by atoms with E-state index in [0.29, 0.717) is 29.9 Å². The summed E-state index contributed by atoms with van der Waals surface area (Å²) in [4.78, 5) is 20.0. The molecule has 5 rings (SSSR count). The first-order chi connectivity index (χ1) is 23.5. The molecule has 4 aromatic carbocycles. The van der Waals surface area contributed by atoms with Gasteiger partial charge in [0, 0.05) is 37.1 Å². The number of aromatic nitrogens is 2. The van der Waals surface area contributed by atoms with Gasteiger partial charge in [0.05, 0.1) is 35.6 Å². The van der Waals surface area contributed by atoms with E-state index in [-0.39, 0.29) is 35.3 Å². The lowest BCUT2D eigenvalue weighted by Crippen LogP contribution is -2.55. The molecule has 5 aromatic rings. The molecule has 3 N–H and O–H groups in total. The van der Waals surface area contributed by atoms with Crippen molar-refractivity contribution in [3.8, 4) is 6.07 Å². The number of carbonyl (C=O) groups excluding carboxylic acids is 1. The van der Waals surface area contributed by atoms with Gasteiger partial charge in [-0.2, -0.15) is 18.4 Å². The minimum atomic E-state index is -4.60. The van der Waals surface area contributed by atoms with E-state index in [1.807, 2.05) is 73.0 Å². The number of halogens is 3. The first-order valence-electron chi connectivity index (χ1n) is 16.0. The second-order valence-corrected chi connectivity index (χ2v) is 12.5. The zero-order valence-corrected chi connectivity index (χ0v) is 28.0. The van der Waals surface area contributed by atoms with Crippen LogP contribution >= 0.6 is 12.2 Å². The number of imidazole rings is 1. The number of nitrogens with zero attached hydrogens (tertiary/aromatic N) is 4. The van der Waals surface area contributed by atoms with Gasteiger partial charge in [0.15, 0.2) is 5.11 Å². The van der Waals surface area contributed by atoms with Crippen molar-refractivity contribution in [1.29, 1.82) is 5.26 Å². The normalized spacial score (nSPS) is 13.3. The highest BCUT2D eigenvalue weighted by molar-refractivity contribution is 7.80. The maximum Gasteiger partial charge on any atom is 0.416 e. The molecule has 1 aromatic heterocycles. The number of benzene rings is 4. The Labute approximate surface area is 289 Å². The number of nitriles is 1. The lowest BCUT2D eigenvalue weighted by molar-refractivity contribution is -0.138. The number of anilines is 1. The van der Waals surface area contributed by atoms with Crippen LogP contribution in [0.1, 0.15) is 48.2 Å². The highest BCUT2D eigenvalue weighted by atomic mass is 32.1. The Hall–Kier alpha value is -5.05. The Balaban J connectivity index is 1.46. The molecule has 0 saturated heterocycles. The number of fused-ring (bicyclic) bond motifs is 1. The van der Waals surface area contributed by atoms with E-state index in [1.165, 1.54) is 17.0 Å². The lowest BCUT2D eigenvalue weighted by atomic mass is 9.83. The maximum absolute atomic E-state index is 14.2. The van der Waals surface area contributed by atoms with E-state index in [0.717, 1.165) is 22.4 Å². The summed E-state index contributed by atoms with van der Waals surface area (Å²) in [5.74, 6) is -1.18. The number of Topliss-reactive ketones (excluding diaryl/α,β-unsaturated/α-hetero) is 1. The highest BCUT2D eigenvalue weighted by Gasteiger charge is 2.38. The van der Waals surface area contributed by atoms with Crippen molar-refractivity contribution < 1.29 is 18.0 Å². The molecule has 0 aliphatic rings. The van der Waals surface area contributed by atoms with Crippen LogP contribution in [0.3, 0.4) is 0 Å². The molecule has 0 bridgehead atoms. The van der Waals surface area contributed by atoms with Gasteiger partial charge in [0.2, 0.25) is 0 Å². The molecule has 1 unspecified atom stereocenters. The van der Waals surface area contributed by atoms with Crippen LogP contribution in [-0.4, -0.2) is 31.5 Å². The Morgan fingerprint density at radius 2 is 1.73 bits per heavy atom. The number of hydrogen-bond acceptors (Lipinski definition) is 5. The number of hydrogen-bond donors (Lipinski definition) is 2. The molecular formula is C38H37F3N6OS. The first kappa shape index (κ1) is 35.3. The van der Waals surface area contributed by atoms with Crippen molar-refractivity contribution in [3.63, 3.8) is 0 Å². The number of nitrogens with two attached hydrogens (primary N) is 1. The van der Waals surface area contributed by atoms with Crippen molar-refractivity contribution in [2.75, 3.05) is 5.32 Å². The molecule has 49 heavy (non-hydrogen) atoms. The van der Waals surface area contributed by atoms with Crippen molar-refractivity contribution >= 4 is 39.6 Å². The Kier molecular flexibility index (Phi) is 11.1. The maximum atomic E-state index is 14.2. The van der Waals surface area contributed by atoms with Crippen LogP contribution in [0.25, 0.3) is 10.8 Å². The molecule has 252 valence electrons. The molecule has 7 nitrogen and oxygen atoms in total. The van der Waals surface area contributed by atoms with Gasteiger partial charge in [-0.15, -0.1) is 0 Å². The third-order valence-electron chi connectivity index (χ3n) is 8.87. The molecule has 0 saturated carbocycles. The monoisotopic (exact) mass is 682 g/mol. The zero-order chi connectivity index (χ0) is 35.1. The van der Waals surface area contributed by atoms with E-state index in [1.54, 1.807) is 30.7 Å². The summed E-state index contributed by atoms with van der Waals surface area (Å²) in [6.07, 6.45) is -1.77. The number of carbonyl (C=O) groups is 1. The predicted molar refractivity (Wildman–Crippen MR) is 189 cm³/mol. The third-order valence-corrected chi connectivity index (χ3v) is 9.21. The first-order valence-corrected chi connectivity index (χ1v) is 16.4. The van der Waals surface area contributed by atoms with Crippen molar-refractivity contribution in [3.05, 3.63) is 131 Å². The standard InChI is InChI=1S/C38H37F3N6OS/c1-3-25(2)35(34(48)19-32-21-44-24-46(32)22-27-14-12-26(20-42)13-15-27)36(43)47(23-30-10-6-7-11-33(30)38(39,40)41)37(49)45-31-17-16-28-8-4-5-9-29(28)18-31/h4-18,21,24-25,35-36H,3,19,22-23,43H2,1-2H3,(H,45,49)/t25-,35+,36?/m0/s1. The van der Waals surface area contributed by atoms with E-state index in [2.05, 4.69) is 16.4 Å². The molecule has 3 atom stereocenters. The van der Waals surface area contributed by atoms with Crippen LogP contribution in [0.2, 0.25) is 0 Å². The topological polar surface area (TPSA) is 100.0 Å². The summed E-state index contributed by atoms with van der Waals surface area (Å²) < 4.78 is 44.3. The number of thiocarbonyl (C=S) groups is 1. The fourth-order valence-corrected chi connectivity index (χ4v) is 6.30. The van der Waals surface area contributed by atoms with Gasteiger partial charge in [-0.05, 0) is 70.4 Å². The fourth-order valence-electron chi connectivity index (χ4n) is 6.00. The molecule has 0 spiro atoms. The highest BCUT2D eigenvalue weighted by Crippen LogP contribution is 2.34. The Morgan fingerprint density at radius 1 is 1.04 bits per heavy atom. The average molecular weight is 683 g/mol. The van der Waals surface area contributed by atoms with Crippen molar-refractivity contribution in [1.82, 2.24) is 14.5 Å². The van der Waals surface area contributed by atoms with E-state index in [4.69, 9.17) is 23.2 Å². The molecule has 0 fully saturated rings. The molecule has 11 heteroatoms. The van der Waals surface area contributed by atoms with Gasteiger partial charge >= 0.3 is 6.18 Å². The predicted octanol–water partition coefficient (Wildman–Crippen LogP) is 7.93. The van der Waals surface area contributed by atoms with Gasteiger partial charge in [-0.1, -0.05) is 80.9 Å². The van der Waals surface area contributed by atoms with Crippen LogP contribution in [0, 0.1) is 23.2 Å². The van der Waals surface area contributed by atoms with Crippen LogP contribution < -0.4 is 11.1 Å². The van der Waals surface area contributed by atoms with Gasteiger partial charge in [-0.3, -0.25) is 4.79 Å². The van der Waals surface area contributed by atoms with Crippen LogP contribution in [-0.2, 0) is 30.5 Å². The second kappa shape index (κ2) is 15.4. The van der Waals surface area contributed by atoms with E-state index >= 15 is 0 Å². The largest absolute Gasteiger partial charge is 0.416 e. The van der Waals surface area contributed by atoms with E-state index < -0.39 is 23.8 Å². The molecule has 1 heterocycles. The van der Waals surface area contributed by atoms with Crippen LogP contribution in [0.4, 0.5) is 18.9 Å². The summed E-state index contributed by atoms with van der Waals surface area (Å²) in [5.41, 5.74) is 8.94. The second-order valence-electron chi connectivity index (χ2n) is 12.1.